The molecule has 59 valence electrons. The summed E-state index contributed by atoms with van der Waals surface area (Å²) in [6, 6.07) is 0. The first kappa shape index (κ1) is 8.20. The Labute approximate surface area is 69.0 Å². The van der Waals surface area contributed by atoms with Crippen molar-refractivity contribution in [1.82, 2.24) is 4.98 Å². The van der Waals surface area contributed by atoms with Gasteiger partial charge in [-0.05, 0) is 6.92 Å². The topological polar surface area (TPSA) is 39.2 Å². The first-order valence-corrected chi connectivity index (χ1v) is 4.07. The number of thiazole rings is 1. The monoisotopic (exact) mass is 170 g/mol. The van der Waals surface area contributed by atoms with Crippen molar-refractivity contribution in [2.24, 2.45) is 0 Å². The molecule has 1 heterocycles. The summed E-state index contributed by atoms with van der Waals surface area (Å²) < 4.78 is 4.88. The number of esters is 1. The first-order chi connectivity index (χ1) is 5.20. The van der Waals surface area contributed by atoms with Crippen LogP contribution in [0.5, 0.6) is 0 Å². The molecule has 1 rings (SSSR count). The summed E-state index contributed by atoms with van der Waals surface area (Å²) in [6.07, 6.45) is -0.255. The normalized spacial score (nSPS) is 12.5. The summed E-state index contributed by atoms with van der Waals surface area (Å²) in [5.74, 6) is -0.287. The fourth-order valence-corrected chi connectivity index (χ4v) is 1.26. The molecule has 3 nitrogen and oxygen atoms in total. The van der Waals surface area contributed by atoms with Gasteiger partial charge < -0.3 is 4.74 Å². The number of aromatic nitrogens is 1. The van der Waals surface area contributed by atoms with Gasteiger partial charge in [-0.25, -0.2) is 4.98 Å². The van der Waals surface area contributed by atoms with Gasteiger partial charge in [0.05, 0.1) is 5.69 Å². The molecule has 0 aromatic carbocycles. The minimum Gasteiger partial charge on any atom is -0.456 e. The maximum Gasteiger partial charge on any atom is 0.303 e. The van der Waals surface area contributed by atoms with Crippen LogP contribution in [0.4, 0.5) is 0 Å². The van der Waals surface area contributed by atoms with Gasteiger partial charge >= 0.3 is 5.97 Å². The van der Waals surface area contributed by atoms with Crippen LogP contribution in [0.15, 0.2) is 5.38 Å². The van der Waals surface area contributed by atoms with Gasteiger partial charge in [-0.1, -0.05) is 0 Å². The molecule has 0 spiro atoms. The van der Waals surface area contributed by atoms with Crippen LogP contribution in [0.2, 0.25) is 0 Å². The number of rotatable bonds is 2. The van der Waals surface area contributed by atoms with Crippen molar-refractivity contribution >= 4 is 17.3 Å². The molecular formula is C7H8NO2S. The second-order valence-corrected chi connectivity index (χ2v) is 2.77. The second kappa shape index (κ2) is 3.48. The van der Waals surface area contributed by atoms with E-state index in [1.165, 1.54) is 18.3 Å². The molecule has 0 amide bonds. The van der Waals surface area contributed by atoms with Crippen LogP contribution in [0.3, 0.4) is 0 Å². The van der Waals surface area contributed by atoms with E-state index in [9.17, 15) is 4.79 Å². The van der Waals surface area contributed by atoms with Crippen molar-refractivity contribution in [2.75, 3.05) is 0 Å². The number of carbonyl (C=O) groups is 1. The molecule has 0 fully saturated rings. The highest BCUT2D eigenvalue weighted by Gasteiger charge is 2.09. The molecule has 1 unspecified atom stereocenters. The Bertz CT molecular complexity index is 233. The van der Waals surface area contributed by atoms with E-state index in [-0.39, 0.29) is 12.1 Å². The van der Waals surface area contributed by atoms with Crippen LogP contribution in [0.25, 0.3) is 0 Å². The van der Waals surface area contributed by atoms with Crippen LogP contribution >= 0.6 is 11.3 Å². The molecule has 0 aliphatic rings. The Morgan fingerprint density at radius 2 is 2.64 bits per heavy atom. The average molecular weight is 170 g/mol. The third-order valence-electron chi connectivity index (χ3n) is 1.17. The van der Waals surface area contributed by atoms with Crippen LogP contribution < -0.4 is 0 Å². The second-order valence-electron chi connectivity index (χ2n) is 2.12. The quantitative estimate of drug-likeness (QED) is 0.632. The Morgan fingerprint density at radius 3 is 3.09 bits per heavy atom. The Hall–Kier alpha value is -0.900. The van der Waals surface area contributed by atoms with E-state index in [1.807, 2.05) is 5.38 Å². The van der Waals surface area contributed by atoms with Gasteiger partial charge in [-0.2, -0.15) is 0 Å². The number of carbonyl (C=O) groups excluding carboxylic acids is 1. The molecule has 0 aliphatic carbocycles. The third-order valence-corrected chi connectivity index (χ3v) is 1.72. The van der Waals surface area contributed by atoms with Gasteiger partial charge in [0.2, 0.25) is 0 Å². The molecule has 0 saturated heterocycles. The molecule has 0 aliphatic heterocycles. The first-order valence-electron chi connectivity index (χ1n) is 3.19. The highest BCUT2D eigenvalue weighted by atomic mass is 32.1. The van der Waals surface area contributed by atoms with Gasteiger partial charge in [-0.3, -0.25) is 4.79 Å². The minimum atomic E-state index is -0.287. The Balaban J connectivity index is 2.56. The van der Waals surface area contributed by atoms with E-state index in [0.717, 1.165) is 5.69 Å². The van der Waals surface area contributed by atoms with Crippen LogP contribution in [0, 0.1) is 5.51 Å². The van der Waals surface area contributed by atoms with Crippen molar-refractivity contribution in [3.05, 3.63) is 16.6 Å². The third kappa shape index (κ3) is 2.31. The lowest BCUT2D eigenvalue weighted by molar-refractivity contribution is -0.145. The molecule has 0 N–H and O–H groups in total. The molecule has 4 heteroatoms. The SMILES string of the molecule is CC(=O)OC(C)c1cs[c]n1. The summed E-state index contributed by atoms with van der Waals surface area (Å²) in [5.41, 5.74) is 3.44. The molecule has 11 heavy (non-hydrogen) atoms. The largest absolute Gasteiger partial charge is 0.456 e. The molecule has 1 aromatic heterocycles. The highest BCUT2D eigenvalue weighted by Crippen LogP contribution is 2.15. The lowest BCUT2D eigenvalue weighted by atomic mass is 10.3. The zero-order chi connectivity index (χ0) is 8.27. The number of hydrogen-bond donors (Lipinski definition) is 0. The molecular weight excluding hydrogens is 162 g/mol. The van der Waals surface area contributed by atoms with Gasteiger partial charge in [-0.15, -0.1) is 11.3 Å². The fraction of sp³-hybridized carbons (Fsp3) is 0.429. The molecule has 1 aromatic rings. The van der Waals surface area contributed by atoms with Crippen LogP contribution in [-0.2, 0) is 9.53 Å². The molecule has 0 saturated carbocycles. The van der Waals surface area contributed by atoms with E-state index < -0.39 is 0 Å². The number of nitrogens with zero attached hydrogens (tertiary/aromatic N) is 1. The van der Waals surface area contributed by atoms with Gasteiger partial charge in [0.1, 0.15) is 6.10 Å². The van der Waals surface area contributed by atoms with Crippen molar-refractivity contribution in [3.63, 3.8) is 0 Å². The van der Waals surface area contributed by atoms with Gasteiger partial charge in [0.15, 0.2) is 5.51 Å². The minimum absolute atomic E-state index is 0.255. The Morgan fingerprint density at radius 1 is 1.91 bits per heavy atom. The summed E-state index contributed by atoms with van der Waals surface area (Å²) in [7, 11) is 0. The maximum atomic E-state index is 10.5. The van der Waals surface area contributed by atoms with Crippen LogP contribution in [-0.4, -0.2) is 11.0 Å². The maximum absolute atomic E-state index is 10.5. The van der Waals surface area contributed by atoms with Gasteiger partial charge in [0.25, 0.3) is 0 Å². The predicted octanol–water partition coefficient (Wildman–Crippen LogP) is 1.57. The number of hydrogen-bond acceptors (Lipinski definition) is 4. The summed E-state index contributed by atoms with van der Waals surface area (Å²) in [5, 5.41) is 1.81. The van der Waals surface area contributed by atoms with Crippen molar-refractivity contribution < 1.29 is 9.53 Å². The molecule has 0 bridgehead atoms. The van der Waals surface area contributed by atoms with Crippen LogP contribution in [0.1, 0.15) is 25.6 Å². The smallest absolute Gasteiger partial charge is 0.303 e. The Kier molecular flexibility index (Phi) is 2.59. The zero-order valence-electron chi connectivity index (χ0n) is 6.33. The lowest BCUT2D eigenvalue weighted by Crippen LogP contribution is -2.04. The average Bonchev–Trinajstić information content (AvgIpc) is 2.35. The van der Waals surface area contributed by atoms with E-state index in [1.54, 1.807) is 6.92 Å². The lowest BCUT2D eigenvalue weighted by Gasteiger charge is -2.07. The molecule has 1 radical (unpaired) electrons. The number of ether oxygens (including phenoxy) is 1. The summed E-state index contributed by atoms with van der Waals surface area (Å²) in [6.45, 7) is 3.16. The summed E-state index contributed by atoms with van der Waals surface area (Å²) in [4.78, 5) is 14.4. The fourth-order valence-electron chi connectivity index (χ4n) is 0.688. The van der Waals surface area contributed by atoms with E-state index in [2.05, 4.69) is 10.5 Å². The van der Waals surface area contributed by atoms with Crippen molar-refractivity contribution in [3.8, 4) is 0 Å². The van der Waals surface area contributed by atoms with E-state index in [0.29, 0.717) is 0 Å². The van der Waals surface area contributed by atoms with E-state index in [4.69, 9.17) is 4.74 Å². The molecule has 1 atom stereocenters. The van der Waals surface area contributed by atoms with Crippen molar-refractivity contribution in [2.45, 2.75) is 20.0 Å². The van der Waals surface area contributed by atoms with Gasteiger partial charge in [0, 0.05) is 12.3 Å². The van der Waals surface area contributed by atoms with Crippen molar-refractivity contribution in [1.29, 1.82) is 0 Å². The zero-order valence-corrected chi connectivity index (χ0v) is 7.14. The van der Waals surface area contributed by atoms with E-state index >= 15 is 0 Å². The highest BCUT2D eigenvalue weighted by molar-refractivity contribution is 7.07. The predicted molar refractivity (Wildman–Crippen MR) is 41.1 cm³/mol. The standard InChI is InChI=1S/C7H8NO2S/c1-5(10-6(2)9)7-3-11-4-8-7/h3,5H,1-2H3. The summed E-state index contributed by atoms with van der Waals surface area (Å²) >= 11 is 1.37.